The van der Waals surface area contributed by atoms with Crippen LogP contribution in [-0.4, -0.2) is 71.8 Å². The van der Waals surface area contributed by atoms with Gasteiger partial charge < -0.3 is 20.3 Å². The maximum Gasteiger partial charge on any atom is 0.326 e. The molecule has 2 aliphatic carbocycles. The summed E-state index contributed by atoms with van der Waals surface area (Å²) in [7, 11) is 4.27. The van der Waals surface area contributed by atoms with Crippen molar-refractivity contribution in [3.05, 3.63) is 33.2 Å². The van der Waals surface area contributed by atoms with Gasteiger partial charge in [-0.2, -0.15) is 19.6 Å². The number of aromatic nitrogens is 6. The average Bonchev–Trinajstić information content (AvgIpc) is 3.37. The Morgan fingerprint density at radius 2 is 1.97 bits per heavy atom. The summed E-state index contributed by atoms with van der Waals surface area (Å²) in [5.41, 5.74) is 0.884. The van der Waals surface area contributed by atoms with Gasteiger partial charge in [0.15, 0.2) is 5.65 Å². The summed E-state index contributed by atoms with van der Waals surface area (Å²) in [5.74, 6) is 0.305. The minimum Gasteiger partial charge on any atom is -0.493 e. The van der Waals surface area contributed by atoms with Crippen molar-refractivity contribution in [1.29, 1.82) is 0 Å². The molecule has 11 heteroatoms. The largest absolute Gasteiger partial charge is 0.493 e. The highest BCUT2D eigenvalue weighted by atomic mass is 16.3. The Kier molecular flexibility index (Phi) is 4.97. The predicted octanol–water partition coefficient (Wildman–Crippen LogP) is -0.258. The van der Waals surface area contributed by atoms with Crippen LogP contribution in [-0.2, 0) is 0 Å². The number of anilines is 1. The van der Waals surface area contributed by atoms with Gasteiger partial charge in [0.25, 0.3) is 5.62 Å². The van der Waals surface area contributed by atoms with Crippen molar-refractivity contribution in [3.8, 4) is 5.88 Å². The summed E-state index contributed by atoms with van der Waals surface area (Å²) < 4.78 is 1.61. The van der Waals surface area contributed by atoms with Gasteiger partial charge in [-0.1, -0.05) is 0 Å². The molecule has 164 valence electrons. The van der Waals surface area contributed by atoms with Crippen molar-refractivity contribution in [2.75, 3.05) is 19.4 Å². The number of aromatic hydroxyl groups is 1. The van der Waals surface area contributed by atoms with Gasteiger partial charge in [-0.3, -0.25) is 4.98 Å². The smallest absolute Gasteiger partial charge is 0.326 e. The predicted molar refractivity (Wildman–Crippen MR) is 115 cm³/mol. The van der Waals surface area contributed by atoms with E-state index in [1.807, 2.05) is 0 Å². The van der Waals surface area contributed by atoms with E-state index < -0.39 is 5.69 Å². The van der Waals surface area contributed by atoms with E-state index in [-0.39, 0.29) is 17.6 Å². The van der Waals surface area contributed by atoms with Gasteiger partial charge in [-0.05, 0) is 58.7 Å². The summed E-state index contributed by atoms with van der Waals surface area (Å²) >= 11 is 0. The quantitative estimate of drug-likeness (QED) is 0.442. The van der Waals surface area contributed by atoms with Crippen LogP contribution in [0.25, 0.3) is 11.7 Å². The number of aromatic amines is 2. The van der Waals surface area contributed by atoms with Crippen molar-refractivity contribution in [3.63, 3.8) is 0 Å². The highest BCUT2D eigenvalue weighted by Crippen LogP contribution is 2.24. The molecule has 3 aromatic rings. The third-order valence-corrected chi connectivity index (χ3v) is 6.02. The van der Waals surface area contributed by atoms with Gasteiger partial charge in [0.05, 0.1) is 12.2 Å². The van der Waals surface area contributed by atoms with Crippen molar-refractivity contribution in [2.45, 2.75) is 56.7 Å². The van der Waals surface area contributed by atoms with E-state index in [0.29, 0.717) is 34.5 Å². The fourth-order valence-electron chi connectivity index (χ4n) is 4.06. The maximum atomic E-state index is 11.5. The number of fused-ring (bicyclic) bond motifs is 1. The first kappa shape index (κ1) is 19.7. The van der Waals surface area contributed by atoms with Crippen LogP contribution in [0.2, 0.25) is 0 Å². The third-order valence-electron chi connectivity index (χ3n) is 6.02. The van der Waals surface area contributed by atoms with Gasteiger partial charge in [-0.25, -0.2) is 9.79 Å². The molecule has 11 nitrogen and oxygen atoms in total. The number of hydrogen-bond donors (Lipinski definition) is 4. The molecular formula is C20H27N9O2. The molecule has 0 saturated heterocycles. The van der Waals surface area contributed by atoms with Crippen LogP contribution in [0.3, 0.4) is 0 Å². The van der Waals surface area contributed by atoms with Crippen molar-refractivity contribution < 1.29 is 5.11 Å². The van der Waals surface area contributed by atoms with Gasteiger partial charge in [0.2, 0.25) is 11.8 Å². The first-order chi connectivity index (χ1) is 15.0. The zero-order valence-electron chi connectivity index (χ0n) is 17.7. The zero-order chi connectivity index (χ0) is 21.5. The molecule has 0 radical (unpaired) electrons. The lowest BCUT2D eigenvalue weighted by Crippen LogP contribution is -2.37. The second kappa shape index (κ2) is 7.80. The first-order valence-corrected chi connectivity index (χ1v) is 10.7. The summed E-state index contributed by atoms with van der Waals surface area (Å²) in [5, 5.41) is 18.4. The number of hydrogen-bond acceptors (Lipinski definition) is 8. The van der Waals surface area contributed by atoms with Crippen molar-refractivity contribution in [2.24, 2.45) is 4.99 Å². The number of nitrogens with zero attached hydrogens (tertiary/aromatic N) is 6. The Bertz CT molecular complexity index is 1260. The van der Waals surface area contributed by atoms with E-state index in [1.54, 1.807) is 16.8 Å². The Labute approximate surface area is 178 Å². The molecule has 2 saturated carbocycles. The lowest BCUT2D eigenvalue weighted by Gasteiger charge is -2.32. The fourth-order valence-corrected chi connectivity index (χ4v) is 4.06. The van der Waals surface area contributed by atoms with E-state index in [2.05, 4.69) is 44.4 Å². The number of nitrogens with one attached hydrogen (secondary N) is 3. The Morgan fingerprint density at radius 1 is 1.19 bits per heavy atom. The molecule has 4 N–H and O–H groups in total. The summed E-state index contributed by atoms with van der Waals surface area (Å²) in [6.07, 6.45) is 9.77. The number of rotatable bonds is 5. The molecule has 3 heterocycles. The SMILES string of the molecule is CN(C)C1CCC(Nc2nc(=NC3CC3)n3nc/c(=C/c4[nH]c(=O)[nH]c4O)c3n2)CC1. The topological polar surface area (TPSA) is 140 Å². The van der Waals surface area contributed by atoms with E-state index in [4.69, 9.17) is 9.98 Å². The first-order valence-electron chi connectivity index (χ1n) is 10.7. The number of H-pyrrole nitrogens is 2. The lowest BCUT2D eigenvalue weighted by molar-refractivity contribution is 0.221. The van der Waals surface area contributed by atoms with E-state index in [0.717, 1.165) is 38.5 Å². The Balaban J connectivity index is 1.52. The average molecular weight is 425 g/mol. The molecule has 0 amide bonds. The molecule has 0 aliphatic heterocycles. The summed E-state index contributed by atoms with van der Waals surface area (Å²) in [4.78, 5) is 32.7. The van der Waals surface area contributed by atoms with Crippen LogP contribution in [0.4, 0.5) is 5.95 Å². The number of imidazole rings is 1. The monoisotopic (exact) mass is 425 g/mol. The Morgan fingerprint density at radius 3 is 2.61 bits per heavy atom. The zero-order valence-corrected chi connectivity index (χ0v) is 17.7. The summed E-state index contributed by atoms with van der Waals surface area (Å²) in [6, 6.07) is 1.21. The fraction of sp³-hybridized carbons (Fsp3) is 0.550. The second-order valence-electron chi connectivity index (χ2n) is 8.64. The molecule has 0 unspecified atom stereocenters. The van der Waals surface area contributed by atoms with Crippen LogP contribution < -0.4 is 21.8 Å². The standard InChI is InChI=1S/C20H27N9O2/c1-28(2)14-7-5-12(6-8-14)22-18-25-16-11(9-15-17(30)26-20(31)24-15)10-21-29(16)19(27-18)23-13-3-4-13/h9-10,12-14,30H,3-8H2,1-2H3,(H,22,23,27)(H2,24,26,31)/b11-9-. The molecule has 2 aliphatic rings. The highest BCUT2D eigenvalue weighted by molar-refractivity contribution is 5.57. The molecule has 0 aromatic carbocycles. The van der Waals surface area contributed by atoms with Gasteiger partial charge in [-0.15, -0.1) is 0 Å². The van der Waals surface area contributed by atoms with Crippen LogP contribution in [0, 0.1) is 0 Å². The van der Waals surface area contributed by atoms with E-state index >= 15 is 0 Å². The molecule has 3 aromatic heterocycles. The van der Waals surface area contributed by atoms with Crippen LogP contribution in [0.15, 0.2) is 16.0 Å². The third kappa shape index (κ3) is 4.18. The maximum absolute atomic E-state index is 11.5. The molecule has 2 fully saturated rings. The summed E-state index contributed by atoms with van der Waals surface area (Å²) in [6.45, 7) is 0. The molecular weight excluding hydrogens is 398 g/mol. The minimum atomic E-state index is -0.477. The van der Waals surface area contributed by atoms with Crippen LogP contribution >= 0.6 is 0 Å². The van der Waals surface area contributed by atoms with Crippen LogP contribution in [0.5, 0.6) is 5.88 Å². The van der Waals surface area contributed by atoms with Crippen molar-refractivity contribution in [1.82, 2.24) is 34.4 Å². The van der Waals surface area contributed by atoms with Gasteiger partial charge >= 0.3 is 5.69 Å². The second-order valence-corrected chi connectivity index (χ2v) is 8.64. The highest BCUT2D eigenvalue weighted by Gasteiger charge is 2.24. The lowest BCUT2D eigenvalue weighted by atomic mass is 9.91. The molecule has 0 spiro atoms. The molecule has 0 bridgehead atoms. The Hall–Kier alpha value is -3.21. The normalized spacial score (nSPS) is 23.2. The van der Waals surface area contributed by atoms with Crippen molar-refractivity contribution >= 4 is 17.7 Å². The minimum absolute atomic E-state index is 0.225. The van der Waals surface area contributed by atoms with Gasteiger partial charge in [0, 0.05) is 17.3 Å². The van der Waals surface area contributed by atoms with Crippen LogP contribution in [0.1, 0.15) is 44.2 Å². The van der Waals surface area contributed by atoms with E-state index in [1.165, 1.54) is 0 Å². The molecule has 5 rings (SSSR count). The molecule has 0 atom stereocenters. The molecule has 31 heavy (non-hydrogen) atoms. The van der Waals surface area contributed by atoms with E-state index in [9.17, 15) is 9.90 Å². The van der Waals surface area contributed by atoms with Gasteiger partial charge in [0.1, 0.15) is 5.69 Å².